The number of para-hydroxylation sites is 6. The number of morpholine rings is 1. The summed E-state index contributed by atoms with van der Waals surface area (Å²) < 4.78 is 10.7. The van der Waals surface area contributed by atoms with Crippen molar-refractivity contribution in [2.24, 2.45) is 10.1 Å². The second-order valence-corrected chi connectivity index (χ2v) is 21.1. The molecule has 458 valence electrons. The average molecular weight is 1200 g/mol. The minimum Gasteiger partial charge on any atom is -0.495 e. The number of benzene rings is 7. The van der Waals surface area contributed by atoms with Crippen LogP contribution in [0.25, 0.3) is 0 Å². The number of aromatic nitrogens is 3. The van der Waals surface area contributed by atoms with E-state index in [0.29, 0.717) is 74.0 Å². The SMILES string of the molecule is COc1ccccc1NC(=O)N(CCCNC(=O)NC1CCCCC1)c1ccccc1.Cc1cccc(N=C2C(=O)N(CN3CCOCC3)c3ccccc32)c1C.O=C(O)c1ccccc1/C=N/Nc1nc(Nc2ccccc2)nc(Nc2ccccc2)n1. The molecule has 11 rings (SSSR count). The number of carboxylic acid groups (broad SMARTS) is 1. The molecule has 1 aromatic heterocycles. The highest BCUT2D eigenvalue weighted by Gasteiger charge is 2.35. The number of carboxylic acids is 1. The Morgan fingerprint density at radius 2 is 1.34 bits per heavy atom. The van der Waals surface area contributed by atoms with E-state index in [1.165, 1.54) is 37.1 Å². The van der Waals surface area contributed by atoms with Crippen molar-refractivity contribution in [3.05, 3.63) is 210 Å². The van der Waals surface area contributed by atoms with Crippen LogP contribution in [0.1, 0.15) is 71.1 Å². The van der Waals surface area contributed by atoms with Crippen molar-refractivity contribution < 1.29 is 33.8 Å². The quantitative estimate of drug-likeness (QED) is 0.0226. The van der Waals surface area contributed by atoms with Crippen LogP contribution in [0.3, 0.4) is 0 Å². The number of aryl methyl sites for hydroxylation is 1. The summed E-state index contributed by atoms with van der Waals surface area (Å²) in [5.74, 6) is 0.349. The van der Waals surface area contributed by atoms with Crippen LogP contribution in [0, 0.1) is 13.8 Å². The lowest BCUT2D eigenvalue weighted by Crippen LogP contribution is -2.45. The molecule has 2 aliphatic heterocycles. The van der Waals surface area contributed by atoms with E-state index < -0.39 is 5.97 Å². The van der Waals surface area contributed by atoms with Crippen LogP contribution >= 0.6 is 0 Å². The highest BCUT2D eigenvalue weighted by atomic mass is 16.5. The molecule has 1 aliphatic carbocycles. The van der Waals surface area contributed by atoms with Gasteiger partial charge in [-0.05, 0) is 111 Å². The first-order valence-electron chi connectivity index (χ1n) is 29.7. The minimum absolute atomic E-state index is 0.0291. The number of amides is 5. The van der Waals surface area contributed by atoms with Crippen molar-refractivity contribution in [2.75, 3.05) is 84.3 Å². The zero-order valence-electron chi connectivity index (χ0n) is 50.1. The van der Waals surface area contributed by atoms with Crippen molar-refractivity contribution in [2.45, 2.75) is 58.4 Å². The predicted octanol–water partition coefficient (Wildman–Crippen LogP) is 12.3. The number of urea groups is 2. The second-order valence-electron chi connectivity index (χ2n) is 21.1. The van der Waals surface area contributed by atoms with Crippen LogP contribution in [-0.4, -0.2) is 120 Å². The number of hydrazone groups is 1. The van der Waals surface area contributed by atoms with E-state index in [0.717, 1.165) is 65.5 Å². The Bertz CT molecular complexity index is 3640. The molecule has 3 aliphatic rings. The fraction of sp³-hybridized carbons (Fsp3) is 0.250. The molecular weight excluding hydrogens is 1120 g/mol. The fourth-order valence-corrected chi connectivity index (χ4v) is 10.0. The summed E-state index contributed by atoms with van der Waals surface area (Å²) in [6, 6.07) is 56.2. The summed E-state index contributed by atoms with van der Waals surface area (Å²) in [5.41, 5.74) is 11.9. The van der Waals surface area contributed by atoms with E-state index in [2.05, 4.69) is 70.0 Å². The van der Waals surface area contributed by atoms with Crippen molar-refractivity contribution in [3.8, 4) is 5.75 Å². The van der Waals surface area contributed by atoms with E-state index in [-0.39, 0.29) is 35.5 Å². The first-order chi connectivity index (χ1) is 43.5. The van der Waals surface area contributed by atoms with E-state index in [9.17, 15) is 24.3 Å². The molecule has 2 fully saturated rings. The molecule has 21 heteroatoms. The van der Waals surface area contributed by atoms with Gasteiger partial charge in [-0.25, -0.2) is 24.8 Å². The molecule has 1 saturated heterocycles. The average Bonchev–Trinajstić information content (AvgIpc) is 1.87. The first kappa shape index (κ1) is 63.0. The summed E-state index contributed by atoms with van der Waals surface area (Å²) in [5, 5.41) is 28.6. The lowest BCUT2D eigenvalue weighted by molar-refractivity contribution is -0.112. The Hall–Kier alpha value is -10.5. The van der Waals surface area contributed by atoms with E-state index in [1.807, 2.05) is 151 Å². The highest BCUT2D eigenvalue weighted by Crippen LogP contribution is 2.33. The van der Waals surface area contributed by atoms with Crippen LogP contribution in [0.2, 0.25) is 0 Å². The molecule has 8 aromatic rings. The maximum Gasteiger partial charge on any atom is 0.336 e. The molecular formula is C68H74N14O7. The standard InChI is InChI=1S/C24H32N4O3.C23H19N7O2.C21H23N3O2/c1-31-22-16-9-8-15-21(22)27-24(30)28(20-13-6-3-7-14-20)18-10-17-25-23(29)26-19-11-4-2-5-12-19;31-20(32)19-14-8-7-9-16(19)15-24-30-23-28-21(25-17-10-3-1-4-11-17)27-22(29-23)26-18-12-5-2-6-13-18;1-15-6-5-8-18(16(15)2)22-20-17-7-3-4-9-19(17)24(21(20)25)14-23-10-12-26-13-11-23/h3,6-9,13-16,19H,2,4-5,10-12,17-18H2,1H3,(H,27,30)(H2,25,26,29);1-15H,(H,31,32)(H3,25,26,27,28,29,30);3-9H,10-14H2,1-2H3/b;24-15+;. The highest BCUT2D eigenvalue weighted by molar-refractivity contribution is 6.54. The van der Waals surface area contributed by atoms with Crippen molar-refractivity contribution in [3.63, 3.8) is 0 Å². The van der Waals surface area contributed by atoms with Gasteiger partial charge in [0.15, 0.2) is 0 Å². The normalized spacial score (nSPS) is 14.3. The zero-order valence-corrected chi connectivity index (χ0v) is 50.1. The minimum atomic E-state index is -1.03. The summed E-state index contributed by atoms with van der Waals surface area (Å²) in [4.78, 5) is 73.3. The summed E-state index contributed by atoms with van der Waals surface area (Å²) in [6.45, 7) is 8.76. The van der Waals surface area contributed by atoms with Crippen molar-refractivity contribution in [1.29, 1.82) is 0 Å². The number of hydrogen-bond donors (Lipinski definition) is 7. The van der Waals surface area contributed by atoms with E-state index >= 15 is 0 Å². The topological polar surface area (TPSA) is 252 Å². The van der Waals surface area contributed by atoms with Gasteiger partial charge in [0.05, 0.1) is 55.8 Å². The third-order valence-electron chi connectivity index (χ3n) is 14.9. The number of rotatable bonds is 19. The predicted molar refractivity (Wildman–Crippen MR) is 351 cm³/mol. The molecule has 0 bridgehead atoms. The number of nitrogens with one attached hydrogen (secondary N) is 6. The van der Waals surface area contributed by atoms with Gasteiger partial charge in [0.2, 0.25) is 17.8 Å². The first-order valence-corrected chi connectivity index (χ1v) is 29.7. The van der Waals surface area contributed by atoms with Gasteiger partial charge in [0, 0.05) is 60.4 Å². The van der Waals surface area contributed by atoms with Gasteiger partial charge in [-0.15, -0.1) is 0 Å². The largest absolute Gasteiger partial charge is 0.495 e. The Morgan fingerprint density at radius 3 is 2.02 bits per heavy atom. The Labute approximate surface area is 518 Å². The van der Waals surface area contributed by atoms with Gasteiger partial charge in [0.25, 0.3) is 5.91 Å². The fourth-order valence-electron chi connectivity index (χ4n) is 10.0. The summed E-state index contributed by atoms with van der Waals surface area (Å²) in [6.07, 6.45) is 7.76. The molecule has 5 amide bonds. The summed E-state index contributed by atoms with van der Waals surface area (Å²) in [7, 11) is 1.57. The maximum absolute atomic E-state index is 13.2. The van der Waals surface area contributed by atoms with Gasteiger partial charge in [-0.2, -0.15) is 20.1 Å². The number of aliphatic imine (C=N–C) groups is 1. The van der Waals surface area contributed by atoms with Crippen LogP contribution in [0.5, 0.6) is 5.75 Å². The number of nitrogens with zero attached hydrogens (tertiary/aromatic N) is 8. The molecule has 1 saturated carbocycles. The molecule has 0 unspecified atom stereocenters. The van der Waals surface area contributed by atoms with Gasteiger partial charge < -0.3 is 41.2 Å². The van der Waals surface area contributed by atoms with E-state index in [1.54, 1.807) is 42.3 Å². The number of hydrogen-bond acceptors (Lipinski definition) is 15. The van der Waals surface area contributed by atoms with Crippen molar-refractivity contribution >= 4 is 87.8 Å². The molecule has 3 heterocycles. The molecule has 0 radical (unpaired) electrons. The molecule has 7 N–H and O–H groups in total. The summed E-state index contributed by atoms with van der Waals surface area (Å²) >= 11 is 0. The smallest absolute Gasteiger partial charge is 0.336 e. The maximum atomic E-state index is 13.2. The van der Waals surface area contributed by atoms with Crippen LogP contribution in [0.4, 0.5) is 61.6 Å². The van der Waals surface area contributed by atoms with Gasteiger partial charge in [-0.1, -0.05) is 135 Å². The number of carbonyl (C=O) groups excluding carboxylic acids is 3. The second kappa shape index (κ2) is 32.3. The number of fused-ring (bicyclic) bond motifs is 1. The third kappa shape index (κ3) is 18.3. The number of methoxy groups -OCH3 is 1. The van der Waals surface area contributed by atoms with Crippen LogP contribution < -0.4 is 46.5 Å². The molecule has 0 spiro atoms. The number of aromatic carboxylic acids is 1. The molecule has 7 aromatic carbocycles. The van der Waals surface area contributed by atoms with E-state index in [4.69, 9.17) is 14.5 Å². The lowest BCUT2D eigenvalue weighted by atomic mass is 9.96. The van der Waals surface area contributed by atoms with Crippen molar-refractivity contribution in [1.82, 2.24) is 30.5 Å². The number of ether oxygens (including phenoxy) is 2. The number of anilines is 8. The Balaban J connectivity index is 0.000000159. The zero-order chi connectivity index (χ0) is 62.2. The van der Waals surface area contributed by atoms with Crippen LogP contribution in [-0.2, 0) is 9.53 Å². The monoisotopic (exact) mass is 1200 g/mol. The Kier molecular flexibility index (Phi) is 22.9. The molecule has 0 atom stereocenters. The van der Waals surface area contributed by atoms with Gasteiger partial charge >= 0.3 is 18.0 Å². The Morgan fingerprint density at radius 1 is 0.719 bits per heavy atom. The van der Waals surface area contributed by atoms with Gasteiger partial charge in [-0.3, -0.25) is 19.5 Å². The van der Waals surface area contributed by atoms with Crippen LogP contribution in [0.15, 0.2) is 192 Å². The third-order valence-corrected chi connectivity index (χ3v) is 14.9. The molecule has 21 nitrogen and oxygen atoms in total. The number of carbonyl (C=O) groups is 4. The van der Waals surface area contributed by atoms with Gasteiger partial charge in [0.1, 0.15) is 11.5 Å². The molecule has 89 heavy (non-hydrogen) atoms. The lowest BCUT2D eigenvalue weighted by Gasteiger charge is -2.30.